The molecule has 0 aliphatic rings. The van der Waals surface area contributed by atoms with Crippen LogP contribution < -0.4 is 4.74 Å². The second-order valence-corrected chi connectivity index (χ2v) is 6.27. The van der Waals surface area contributed by atoms with E-state index in [0.717, 1.165) is 33.9 Å². The summed E-state index contributed by atoms with van der Waals surface area (Å²) in [6.07, 6.45) is 2.11. The van der Waals surface area contributed by atoms with Crippen molar-refractivity contribution in [3.05, 3.63) is 53.9 Å². The Kier molecular flexibility index (Phi) is 4.26. The summed E-state index contributed by atoms with van der Waals surface area (Å²) < 4.78 is 7.73. The van der Waals surface area contributed by atoms with E-state index in [1.54, 1.807) is 0 Å². The highest BCUT2D eigenvalue weighted by molar-refractivity contribution is 5.69. The van der Waals surface area contributed by atoms with Crippen molar-refractivity contribution < 1.29 is 4.74 Å². The Morgan fingerprint density at radius 1 is 1.12 bits per heavy atom. The first-order chi connectivity index (χ1) is 11.5. The molecule has 4 heteroatoms. The van der Waals surface area contributed by atoms with E-state index in [0.29, 0.717) is 0 Å². The maximum atomic E-state index is 9.44. The van der Waals surface area contributed by atoms with Gasteiger partial charge in [0.25, 0.3) is 0 Å². The normalized spacial score (nSPS) is 12.3. The van der Waals surface area contributed by atoms with Crippen LogP contribution in [0.25, 0.3) is 16.9 Å². The number of pyridine rings is 1. The molecule has 0 bridgehead atoms. The average molecular weight is 319 g/mol. The van der Waals surface area contributed by atoms with Crippen LogP contribution in [0.3, 0.4) is 0 Å². The molecular formula is C20H21N3O. The van der Waals surface area contributed by atoms with E-state index in [4.69, 9.17) is 9.72 Å². The smallest absolute Gasteiger partial charge is 0.140 e. The number of imidazole rings is 1. The van der Waals surface area contributed by atoms with Gasteiger partial charge in [-0.1, -0.05) is 6.07 Å². The number of benzene rings is 1. The van der Waals surface area contributed by atoms with Crippen molar-refractivity contribution in [2.45, 2.75) is 39.7 Å². The topological polar surface area (TPSA) is 50.3 Å². The lowest BCUT2D eigenvalue weighted by atomic mass is 10.0. The monoisotopic (exact) mass is 319 g/mol. The predicted molar refractivity (Wildman–Crippen MR) is 95.2 cm³/mol. The Morgan fingerprint density at radius 2 is 1.83 bits per heavy atom. The van der Waals surface area contributed by atoms with Crippen molar-refractivity contribution >= 4 is 5.65 Å². The summed E-state index contributed by atoms with van der Waals surface area (Å²) in [7, 11) is 0. The minimum atomic E-state index is -0.247. The fraction of sp³-hybridized carbons (Fsp3) is 0.300. The van der Waals surface area contributed by atoms with Crippen LogP contribution in [0.5, 0.6) is 5.75 Å². The van der Waals surface area contributed by atoms with Crippen LogP contribution in [0.1, 0.15) is 37.9 Å². The van der Waals surface area contributed by atoms with Crippen LogP contribution in [0.4, 0.5) is 0 Å². The second kappa shape index (κ2) is 6.37. The lowest BCUT2D eigenvalue weighted by molar-refractivity contribution is 0.242. The third-order valence-electron chi connectivity index (χ3n) is 3.99. The molecule has 1 atom stereocenters. The first-order valence-corrected chi connectivity index (χ1v) is 8.15. The summed E-state index contributed by atoms with van der Waals surface area (Å²) in [4.78, 5) is 4.81. The third-order valence-corrected chi connectivity index (χ3v) is 3.99. The van der Waals surface area contributed by atoms with Gasteiger partial charge in [-0.25, -0.2) is 4.98 Å². The quantitative estimate of drug-likeness (QED) is 0.699. The molecule has 0 amide bonds. The van der Waals surface area contributed by atoms with E-state index in [1.165, 1.54) is 0 Å². The van der Waals surface area contributed by atoms with Gasteiger partial charge in [-0.15, -0.1) is 0 Å². The molecule has 4 nitrogen and oxygen atoms in total. The minimum absolute atomic E-state index is 0.142. The molecule has 1 aromatic carbocycles. The fourth-order valence-corrected chi connectivity index (χ4v) is 2.87. The number of nitrogens with zero attached hydrogens (tertiary/aromatic N) is 3. The molecule has 0 saturated carbocycles. The van der Waals surface area contributed by atoms with Crippen LogP contribution in [-0.2, 0) is 0 Å². The zero-order valence-corrected chi connectivity index (χ0v) is 14.4. The number of hydrogen-bond donors (Lipinski definition) is 0. The maximum Gasteiger partial charge on any atom is 0.140 e. The van der Waals surface area contributed by atoms with Gasteiger partial charge in [0.1, 0.15) is 11.4 Å². The summed E-state index contributed by atoms with van der Waals surface area (Å²) in [5, 5.41) is 9.44. The highest BCUT2D eigenvalue weighted by Crippen LogP contribution is 2.31. The highest BCUT2D eigenvalue weighted by atomic mass is 16.5. The Labute approximate surface area is 142 Å². The Balaban J connectivity index is 2.15. The fourth-order valence-electron chi connectivity index (χ4n) is 2.87. The van der Waals surface area contributed by atoms with Crippen molar-refractivity contribution in [1.29, 1.82) is 5.26 Å². The van der Waals surface area contributed by atoms with Gasteiger partial charge in [-0.3, -0.25) is 0 Å². The van der Waals surface area contributed by atoms with Crippen LogP contribution in [0, 0.1) is 18.3 Å². The Bertz CT molecular complexity index is 901. The van der Waals surface area contributed by atoms with Gasteiger partial charge >= 0.3 is 0 Å². The standard InChI is InChI=1S/C20H21N3O/c1-13(2)24-17-9-7-16(8-10-17)18-19(15(4)12-21)23-11-5-6-14(3)20(23)22-18/h5-11,13,15H,1-4H3. The molecule has 0 fully saturated rings. The number of fused-ring (bicyclic) bond motifs is 1. The SMILES string of the molecule is Cc1cccn2c(C(C)C#N)c(-c3ccc(OC(C)C)cc3)nc12. The van der Waals surface area contributed by atoms with Gasteiger partial charge in [0.05, 0.1) is 29.5 Å². The molecule has 0 spiro atoms. The molecular weight excluding hydrogens is 298 g/mol. The first-order valence-electron chi connectivity index (χ1n) is 8.15. The summed E-state index contributed by atoms with van der Waals surface area (Å²) in [6, 6.07) is 14.3. The molecule has 0 aliphatic carbocycles. The van der Waals surface area contributed by atoms with E-state index in [-0.39, 0.29) is 12.0 Å². The third kappa shape index (κ3) is 2.85. The number of nitriles is 1. The zero-order chi connectivity index (χ0) is 17.3. The maximum absolute atomic E-state index is 9.44. The van der Waals surface area contributed by atoms with Crippen molar-refractivity contribution in [3.63, 3.8) is 0 Å². The molecule has 24 heavy (non-hydrogen) atoms. The van der Waals surface area contributed by atoms with E-state index < -0.39 is 0 Å². The van der Waals surface area contributed by atoms with E-state index in [1.807, 2.05) is 74.7 Å². The summed E-state index contributed by atoms with van der Waals surface area (Å²) in [5.74, 6) is 0.590. The molecule has 2 heterocycles. The highest BCUT2D eigenvalue weighted by Gasteiger charge is 2.20. The van der Waals surface area contributed by atoms with Crippen molar-refractivity contribution in [3.8, 4) is 23.1 Å². The number of aromatic nitrogens is 2. The largest absolute Gasteiger partial charge is 0.491 e. The molecule has 0 aliphatic heterocycles. The van der Waals surface area contributed by atoms with Crippen molar-refractivity contribution in [2.75, 3.05) is 0 Å². The van der Waals surface area contributed by atoms with Gasteiger partial charge in [0.15, 0.2) is 0 Å². The minimum Gasteiger partial charge on any atom is -0.491 e. The van der Waals surface area contributed by atoms with Crippen molar-refractivity contribution in [2.24, 2.45) is 0 Å². The van der Waals surface area contributed by atoms with Gasteiger partial charge < -0.3 is 9.14 Å². The Hall–Kier alpha value is -2.80. The lowest BCUT2D eigenvalue weighted by Gasteiger charge is -2.10. The summed E-state index contributed by atoms with van der Waals surface area (Å²) in [6.45, 7) is 7.95. The number of ether oxygens (including phenoxy) is 1. The van der Waals surface area contributed by atoms with Gasteiger partial charge in [0.2, 0.25) is 0 Å². The number of rotatable bonds is 4. The van der Waals surface area contributed by atoms with Crippen LogP contribution in [-0.4, -0.2) is 15.5 Å². The predicted octanol–water partition coefficient (Wildman–Crippen LogP) is 4.72. The van der Waals surface area contributed by atoms with Crippen molar-refractivity contribution in [1.82, 2.24) is 9.38 Å². The van der Waals surface area contributed by atoms with Gasteiger partial charge in [0, 0.05) is 11.8 Å². The summed E-state index contributed by atoms with van der Waals surface area (Å²) in [5.41, 5.74) is 4.76. The Morgan fingerprint density at radius 3 is 2.46 bits per heavy atom. The average Bonchev–Trinajstić information content (AvgIpc) is 2.95. The van der Waals surface area contributed by atoms with Crippen LogP contribution in [0.2, 0.25) is 0 Å². The van der Waals surface area contributed by atoms with Crippen LogP contribution in [0.15, 0.2) is 42.6 Å². The van der Waals surface area contributed by atoms with E-state index in [2.05, 4.69) is 6.07 Å². The van der Waals surface area contributed by atoms with Gasteiger partial charge in [-0.2, -0.15) is 5.26 Å². The lowest BCUT2D eigenvalue weighted by Crippen LogP contribution is -2.05. The molecule has 0 radical (unpaired) electrons. The van der Waals surface area contributed by atoms with E-state index >= 15 is 0 Å². The number of hydrogen-bond acceptors (Lipinski definition) is 3. The molecule has 0 saturated heterocycles. The van der Waals surface area contributed by atoms with Crippen LogP contribution >= 0.6 is 0 Å². The summed E-state index contributed by atoms with van der Waals surface area (Å²) >= 11 is 0. The molecule has 2 aromatic heterocycles. The number of aryl methyl sites for hydroxylation is 1. The molecule has 3 rings (SSSR count). The van der Waals surface area contributed by atoms with E-state index in [9.17, 15) is 5.26 Å². The second-order valence-electron chi connectivity index (χ2n) is 6.27. The molecule has 3 aromatic rings. The molecule has 1 unspecified atom stereocenters. The first kappa shape index (κ1) is 16.1. The molecule has 0 N–H and O–H groups in total. The molecule has 122 valence electrons. The zero-order valence-electron chi connectivity index (χ0n) is 14.4. The van der Waals surface area contributed by atoms with Gasteiger partial charge in [-0.05, 0) is 63.6 Å².